The Morgan fingerprint density at radius 1 is 1.45 bits per heavy atom. The summed E-state index contributed by atoms with van der Waals surface area (Å²) in [4.78, 5) is 14.8. The molecule has 1 fully saturated rings. The molecule has 6 heteroatoms. The van der Waals surface area contributed by atoms with E-state index in [9.17, 15) is 4.79 Å². The minimum Gasteiger partial charge on any atom is -0.478 e. The van der Waals surface area contributed by atoms with E-state index in [1.54, 1.807) is 0 Å². The molecular formula is C14H19ClN2O3. The Hall–Kier alpha value is -1.33. The van der Waals surface area contributed by atoms with Crippen LogP contribution in [0.3, 0.4) is 0 Å². The number of ether oxygens (including phenoxy) is 1. The molecular weight excluding hydrogens is 280 g/mol. The van der Waals surface area contributed by atoms with Crippen LogP contribution in [0.15, 0.2) is 12.3 Å². The molecule has 0 amide bonds. The number of rotatable bonds is 6. The van der Waals surface area contributed by atoms with Crippen LogP contribution >= 0.6 is 11.6 Å². The summed E-state index contributed by atoms with van der Waals surface area (Å²) in [6, 6.07) is 1.39. The largest absolute Gasteiger partial charge is 0.478 e. The first-order valence-electron chi connectivity index (χ1n) is 6.91. The van der Waals surface area contributed by atoms with E-state index >= 15 is 0 Å². The molecule has 1 heterocycles. The van der Waals surface area contributed by atoms with Crippen LogP contribution in [0.1, 0.15) is 42.5 Å². The van der Waals surface area contributed by atoms with Crippen molar-refractivity contribution in [3.8, 4) is 0 Å². The zero-order chi connectivity index (χ0) is 14.4. The minimum absolute atomic E-state index is 0.0824. The van der Waals surface area contributed by atoms with Crippen LogP contribution in [-0.2, 0) is 4.74 Å². The van der Waals surface area contributed by atoms with Gasteiger partial charge in [0.2, 0.25) is 0 Å². The summed E-state index contributed by atoms with van der Waals surface area (Å²) in [5, 5.41) is 12.2. The summed E-state index contributed by atoms with van der Waals surface area (Å²) in [5.74, 6) is -0.546. The van der Waals surface area contributed by atoms with E-state index < -0.39 is 5.97 Å². The third-order valence-corrected chi connectivity index (χ3v) is 3.68. The fraction of sp³-hybridized carbons (Fsp3) is 0.571. The second kappa shape index (κ2) is 7.45. The van der Waals surface area contributed by atoms with Crippen molar-refractivity contribution in [2.75, 3.05) is 18.5 Å². The Kier molecular flexibility index (Phi) is 5.61. The van der Waals surface area contributed by atoms with Crippen LogP contribution in [0.25, 0.3) is 0 Å². The number of aromatic carboxylic acids is 1. The van der Waals surface area contributed by atoms with Gasteiger partial charge in [-0.05, 0) is 18.9 Å². The lowest BCUT2D eigenvalue weighted by atomic mass is 9.98. The number of carbonyl (C=O) groups is 1. The minimum atomic E-state index is -1.04. The highest BCUT2D eigenvalue weighted by atomic mass is 35.5. The lowest BCUT2D eigenvalue weighted by molar-refractivity contribution is 0.0347. The summed E-state index contributed by atoms with van der Waals surface area (Å²) >= 11 is 5.97. The summed E-state index contributed by atoms with van der Waals surface area (Å²) in [6.45, 7) is 1.21. The lowest BCUT2D eigenvalue weighted by Crippen LogP contribution is -2.20. The summed E-state index contributed by atoms with van der Waals surface area (Å²) in [5.41, 5.74) is 0.0824. The normalized spacial score (nSPS) is 16.1. The van der Waals surface area contributed by atoms with Crippen molar-refractivity contribution in [1.29, 1.82) is 0 Å². The average molecular weight is 299 g/mol. The van der Waals surface area contributed by atoms with Crippen LogP contribution in [0.4, 0.5) is 5.82 Å². The van der Waals surface area contributed by atoms with E-state index in [0.717, 1.165) is 12.8 Å². The Morgan fingerprint density at radius 2 is 2.20 bits per heavy atom. The average Bonchev–Trinajstić information content (AvgIpc) is 2.46. The van der Waals surface area contributed by atoms with Gasteiger partial charge in [0.1, 0.15) is 5.82 Å². The van der Waals surface area contributed by atoms with Crippen LogP contribution in [-0.4, -0.2) is 35.3 Å². The van der Waals surface area contributed by atoms with Crippen LogP contribution < -0.4 is 5.32 Å². The fourth-order valence-corrected chi connectivity index (χ4v) is 2.54. The number of halogens is 1. The monoisotopic (exact) mass is 298 g/mol. The number of nitrogens with zero attached hydrogens (tertiary/aromatic N) is 1. The van der Waals surface area contributed by atoms with Gasteiger partial charge < -0.3 is 15.2 Å². The number of carboxylic acids is 1. The van der Waals surface area contributed by atoms with E-state index in [1.165, 1.54) is 31.5 Å². The van der Waals surface area contributed by atoms with Crippen molar-refractivity contribution in [3.05, 3.63) is 22.8 Å². The first kappa shape index (κ1) is 15.1. The smallest absolute Gasteiger partial charge is 0.337 e. The van der Waals surface area contributed by atoms with Gasteiger partial charge in [0.05, 0.1) is 23.3 Å². The second-order valence-electron chi connectivity index (χ2n) is 4.92. The molecule has 0 spiro atoms. The van der Waals surface area contributed by atoms with Crippen molar-refractivity contribution in [1.82, 2.24) is 4.98 Å². The molecule has 0 aliphatic heterocycles. The highest BCUT2D eigenvalue weighted by molar-refractivity contribution is 6.33. The maximum absolute atomic E-state index is 10.8. The van der Waals surface area contributed by atoms with E-state index in [1.807, 2.05) is 0 Å². The van der Waals surface area contributed by atoms with Gasteiger partial charge >= 0.3 is 5.97 Å². The second-order valence-corrected chi connectivity index (χ2v) is 5.32. The molecule has 0 unspecified atom stereocenters. The van der Waals surface area contributed by atoms with Crippen molar-refractivity contribution in [2.24, 2.45) is 0 Å². The quantitative estimate of drug-likeness (QED) is 0.789. The molecule has 5 nitrogen and oxygen atoms in total. The molecule has 0 saturated heterocycles. The number of pyridine rings is 1. The molecule has 20 heavy (non-hydrogen) atoms. The van der Waals surface area contributed by atoms with Gasteiger partial charge in [-0.2, -0.15) is 0 Å². The summed E-state index contributed by atoms with van der Waals surface area (Å²) in [7, 11) is 0. The standard InChI is InChI=1S/C14H19ClN2O3/c15-12-8-10(14(18)19)9-17-13(12)16-6-7-20-11-4-2-1-3-5-11/h8-9,11H,1-7H2,(H,16,17)(H,18,19). The van der Waals surface area contributed by atoms with E-state index in [-0.39, 0.29) is 5.56 Å². The molecule has 1 aliphatic rings. The predicted molar refractivity (Wildman–Crippen MR) is 77.5 cm³/mol. The number of aromatic nitrogens is 1. The number of hydrogen-bond donors (Lipinski definition) is 2. The zero-order valence-electron chi connectivity index (χ0n) is 11.3. The Morgan fingerprint density at radius 3 is 2.85 bits per heavy atom. The van der Waals surface area contributed by atoms with Gasteiger partial charge in [0.25, 0.3) is 0 Å². The molecule has 1 aliphatic carbocycles. The molecule has 0 radical (unpaired) electrons. The molecule has 1 aromatic rings. The molecule has 1 saturated carbocycles. The van der Waals surface area contributed by atoms with Crippen LogP contribution in [0.2, 0.25) is 5.02 Å². The third-order valence-electron chi connectivity index (χ3n) is 3.39. The highest BCUT2D eigenvalue weighted by Crippen LogP contribution is 2.21. The van der Waals surface area contributed by atoms with Gasteiger partial charge in [-0.25, -0.2) is 9.78 Å². The number of hydrogen-bond acceptors (Lipinski definition) is 4. The molecule has 110 valence electrons. The van der Waals surface area contributed by atoms with Gasteiger partial charge in [-0.15, -0.1) is 0 Å². The number of nitrogens with one attached hydrogen (secondary N) is 1. The number of carboxylic acid groups (broad SMARTS) is 1. The van der Waals surface area contributed by atoms with Gasteiger partial charge in [0, 0.05) is 12.7 Å². The van der Waals surface area contributed by atoms with E-state index in [0.29, 0.717) is 30.1 Å². The first-order valence-corrected chi connectivity index (χ1v) is 7.29. The third kappa shape index (κ3) is 4.35. The Balaban J connectivity index is 1.74. The van der Waals surface area contributed by atoms with E-state index in [4.69, 9.17) is 21.4 Å². The molecule has 0 bridgehead atoms. The predicted octanol–water partition coefficient (Wildman–Crippen LogP) is 3.19. The highest BCUT2D eigenvalue weighted by Gasteiger charge is 2.13. The first-order chi connectivity index (χ1) is 9.66. The van der Waals surface area contributed by atoms with Crippen molar-refractivity contribution in [3.63, 3.8) is 0 Å². The van der Waals surface area contributed by atoms with Gasteiger partial charge in [-0.3, -0.25) is 0 Å². The molecule has 0 atom stereocenters. The maximum Gasteiger partial charge on any atom is 0.337 e. The fourth-order valence-electron chi connectivity index (χ4n) is 2.31. The molecule has 2 N–H and O–H groups in total. The molecule has 2 rings (SSSR count). The number of anilines is 1. The molecule has 0 aromatic carbocycles. The van der Waals surface area contributed by atoms with Gasteiger partial charge in [0.15, 0.2) is 0 Å². The topological polar surface area (TPSA) is 71.5 Å². The van der Waals surface area contributed by atoms with Crippen molar-refractivity contribution in [2.45, 2.75) is 38.2 Å². The van der Waals surface area contributed by atoms with Crippen LogP contribution in [0, 0.1) is 0 Å². The Labute approximate surface area is 123 Å². The van der Waals surface area contributed by atoms with Crippen molar-refractivity contribution < 1.29 is 14.6 Å². The van der Waals surface area contributed by atoms with Crippen molar-refractivity contribution >= 4 is 23.4 Å². The SMILES string of the molecule is O=C(O)c1cnc(NCCOC2CCCCC2)c(Cl)c1. The Bertz CT molecular complexity index is 462. The van der Waals surface area contributed by atoms with Crippen LogP contribution in [0.5, 0.6) is 0 Å². The van der Waals surface area contributed by atoms with Gasteiger partial charge in [-0.1, -0.05) is 30.9 Å². The molecule has 1 aromatic heterocycles. The summed E-state index contributed by atoms with van der Waals surface area (Å²) < 4.78 is 5.78. The maximum atomic E-state index is 10.8. The van der Waals surface area contributed by atoms with E-state index in [2.05, 4.69) is 10.3 Å². The zero-order valence-corrected chi connectivity index (χ0v) is 12.0. The lowest BCUT2D eigenvalue weighted by Gasteiger charge is -2.22. The summed E-state index contributed by atoms with van der Waals surface area (Å²) in [6.07, 6.45) is 7.78.